The monoisotopic (exact) mass is 1130 g/mol. The van der Waals surface area contributed by atoms with Gasteiger partial charge in [-0.05, 0) is 152 Å². The first-order valence-corrected chi connectivity index (χ1v) is 34.0. The molecule has 18 rings (SSSR count). The van der Waals surface area contributed by atoms with Crippen LogP contribution in [0.5, 0.6) is 0 Å². The minimum atomic E-state index is -3.45. The molecule has 13 aromatic carbocycles. The lowest BCUT2D eigenvalue weighted by molar-refractivity contribution is 1.17. The summed E-state index contributed by atoms with van der Waals surface area (Å²) in [7, 11) is -6.74. The SMILES string of the molecule is Cc1ccc2c(c1)c1cc(C)ccc1n2-c1ccc2c(c1)[Si](c1ccccc1)(c1ccccc1)c1cccc3c1N2c1ccccc1[Si]3(c1cccc(-n2c3ccccc3c3ccccc32)c1)c1cccc(-n2c3ccccc3c3ccccc32)c1. The zero-order valence-corrected chi connectivity index (χ0v) is 49.7. The highest BCUT2D eigenvalue weighted by Gasteiger charge is 2.56. The van der Waals surface area contributed by atoms with E-state index in [-0.39, 0.29) is 0 Å². The van der Waals surface area contributed by atoms with Crippen molar-refractivity contribution in [3.8, 4) is 17.1 Å². The van der Waals surface area contributed by atoms with E-state index in [1.165, 1.54) is 135 Å². The van der Waals surface area contributed by atoms with Crippen LogP contribution < -0.4 is 46.4 Å². The minimum absolute atomic E-state index is 1.15. The number of aryl methyl sites for hydroxylation is 2. The van der Waals surface area contributed by atoms with Crippen molar-refractivity contribution >= 4 is 140 Å². The highest BCUT2D eigenvalue weighted by Crippen LogP contribution is 2.44. The van der Waals surface area contributed by atoms with E-state index >= 15 is 0 Å². The number of rotatable bonds is 7. The molecule has 0 spiro atoms. The molecule has 0 atom stereocenters. The molecule has 0 amide bonds. The predicted octanol–water partition coefficient (Wildman–Crippen LogP) is 14.4. The van der Waals surface area contributed by atoms with Gasteiger partial charge in [0.1, 0.15) is 0 Å². The lowest BCUT2D eigenvalue weighted by Gasteiger charge is -2.52. The van der Waals surface area contributed by atoms with Crippen LogP contribution in [0.4, 0.5) is 17.1 Å². The van der Waals surface area contributed by atoms with Gasteiger partial charge in [0.25, 0.3) is 0 Å². The molecule has 0 saturated heterocycles. The van der Waals surface area contributed by atoms with E-state index in [2.05, 4.69) is 336 Å². The largest absolute Gasteiger partial charge is 0.311 e. The Balaban J connectivity index is 0.982. The summed E-state index contributed by atoms with van der Waals surface area (Å²) < 4.78 is 7.53. The fourth-order valence-electron chi connectivity index (χ4n) is 15.8. The fraction of sp³-hybridized carbons (Fsp3) is 0.0250. The van der Waals surface area contributed by atoms with E-state index in [0.29, 0.717) is 0 Å². The van der Waals surface area contributed by atoms with E-state index in [1.54, 1.807) is 0 Å². The van der Waals surface area contributed by atoms with Gasteiger partial charge in [-0.2, -0.15) is 0 Å². The normalized spacial score (nSPS) is 13.9. The van der Waals surface area contributed by atoms with Crippen LogP contribution in [0.1, 0.15) is 11.1 Å². The molecule has 4 nitrogen and oxygen atoms in total. The second-order valence-electron chi connectivity index (χ2n) is 23.7. The van der Waals surface area contributed by atoms with Crippen molar-refractivity contribution < 1.29 is 0 Å². The average molecular weight is 1130 g/mol. The van der Waals surface area contributed by atoms with Crippen LogP contribution in [0.2, 0.25) is 0 Å². The van der Waals surface area contributed by atoms with Crippen molar-refractivity contribution in [3.05, 3.63) is 314 Å². The summed E-state index contributed by atoms with van der Waals surface area (Å²) in [5.74, 6) is 0. The third-order valence-corrected chi connectivity index (χ3v) is 28.8. The van der Waals surface area contributed by atoms with Crippen LogP contribution in [-0.2, 0) is 0 Å². The van der Waals surface area contributed by atoms with Gasteiger partial charge in [0, 0.05) is 66.4 Å². The Hall–Kier alpha value is -10.5. The molecule has 6 heteroatoms. The number of benzene rings is 13. The van der Waals surface area contributed by atoms with Gasteiger partial charge in [0.2, 0.25) is 0 Å². The van der Waals surface area contributed by atoms with Crippen LogP contribution in [-0.4, -0.2) is 29.8 Å². The molecule has 5 heterocycles. The molecule has 3 aromatic heterocycles. The molecular formula is C80H56N4Si2. The van der Waals surface area contributed by atoms with Crippen molar-refractivity contribution in [2.75, 3.05) is 4.90 Å². The van der Waals surface area contributed by atoms with Gasteiger partial charge in [-0.1, -0.05) is 217 Å². The predicted molar refractivity (Wildman–Crippen MR) is 368 cm³/mol. The highest BCUT2D eigenvalue weighted by atomic mass is 28.3. The van der Waals surface area contributed by atoms with Gasteiger partial charge in [-0.3, -0.25) is 0 Å². The maximum absolute atomic E-state index is 3.45. The van der Waals surface area contributed by atoms with Crippen LogP contribution >= 0.6 is 0 Å². The topological polar surface area (TPSA) is 18.0 Å². The van der Waals surface area contributed by atoms with Crippen molar-refractivity contribution in [1.82, 2.24) is 13.7 Å². The summed E-state index contributed by atoms with van der Waals surface area (Å²) in [5.41, 5.74) is 17.0. The number of hydrogen-bond donors (Lipinski definition) is 0. The Morgan fingerprint density at radius 2 is 0.593 bits per heavy atom. The molecule has 404 valence electrons. The van der Waals surface area contributed by atoms with E-state index in [1.807, 2.05) is 0 Å². The molecule has 0 unspecified atom stereocenters. The summed E-state index contributed by atoms with van der Waals surface area (Å²) in [6, 6.07) is 117. The number of anilines is 3. The van der Waals surface area contributed by atoms with Crippen LogP contribution in [0, 0.1) is 13.8 Å². The van der Waals surface area contributed by atoms with Gasteiger partial charge in [0.05, 0.1) is 33.1 Å². The molecule has 86 heavy (non-hydrogen) atoms. The van der Waals surface area contributed by atoms with Crippen LogP contribution in [0.25, 0.3) is 82.5 Å². The Labute approximate surface area is 501 Å². The van der Waals surface area contributed by atoms with Crippen LogP contribution in [0.15, 0.2) is 303 Å². The first-order chi connectivity index (χ1) is 42.5. The second kappa shape index (κ2) is 18.5. The zero-order chi connectivity index (χ0) is 56.8. The van der Waals surface area contributed by atoms with Crippen molar-refractivity contribution in [2.45, 2.75) is 13.8 Å². The molecule has 0 fully saturated rings. The second-order valence-corrected chi connectivity index (χ2v) is 31.2. The highest BCUT2D eigenvalue weighted by molar-refractivity contribution is 7.24. The van der Waals surface area contributed by atoms with Gasteiger partial charge >= 0.3 is 0 Å². The van der Waals surface area contributed by atoms with E-state index in [9.17, 15) is 0 Å². The number of nitrogens with zero attached hydrogens (tertiary/aromatic N) is 4. The number of fused-ring (bicyclic) bond motifs is 13. The molecule has 16 aromatic rings. The van der Waals surface area contributed by atoms with Crippen molar-refractivity contribution in [3.63, 3.8) is 0 Å². The summed E-state index contributed by atoms with van der Waals surface area (Å²) >= 11 is 0. The van der Waals surface area contributed by atoms with E-state index in [0.717, 1.165) is 17.1 Å². The third-order valence-electron chi connectivity index (χ3n) is 19.2. The number of para-hydroxylation sites is 6. The molecule has 0 saturated carbocycles. The minimum Gasteiger partial charge on any atom is -0.311 e. The van der Waals surface area contributed by atoms with Gasteiger partial charge in [-0.15, -0.1) is 0 Å². The summed E-state index contributed by atoms with van der Waals surface area (Å²) in [6.07, 6.45) is 0. The molecule has 2 aliphatic heterocycles. The zero-order valence-electron chi connectivity index (χ0n) is 47.7. The summed E-state index contributed by atoms with van der Waals surface area (Å²) in [6.45, 7) is 4.42. The van der Waals surface area contributed by atoms with E-state index in [4.69, 9.17) is 0 Å². The third kappa shape index (κ3) is 6.62. The van der Waals surface area contributed by atoms with Gasteiger partial charge in [-0.25, -0.2) is 0 Å². The fourth-order valence-corrected chi connectivity index (χ4v) is 26.3. The summed E-state index contributed by atoms with van der Waals surface area (Å²) in [4.78, 5) is 2.70. The lowest BCUT2D eigenvalue weighted by atomic mass is 10.1. The molecule has 0 radical (unpaired) electrons. The van der Waals surface area contributed by atoms with Crippen molar-refractivity contribution in [1.29, 1.82) is 0 Å². The molecule has 0 aliphatic carbocycles. The number of aromatic nitrogens is 3. The molecular weight excluding hydrogens is 1070 g/mol. The van der Waals surface area contributed by atoms with Gasteiger partial charge < -0.3 is 18.6 Å². The standard InChI is InChI=1S/C80H56N4Si2/c1-53-42-45-72-66(48-53)67-49-54(2)43-46-73(67)83(72)57-44-47-75-79(52-57)85(58-24-5-3-6-25-58,59-26-7-4-8-27-59)77-40-21-41-78-80(77)84(75)74-38-17-18-39-76(74)86(78,60-28-19-22-55(50-60)81-68-34-13-9-30-62(68)63-31-10-14-35-69(63)81)61-29-20-23-56(51-61)82-70-36-15-11-32-64(70)65-33-12-16-37-71(65)82/h3-52H,1-2H3. The lowest BCUT2D eigenvalue weighted by Crippen LogP contribution is -2.82. The average Bonchev–Trinajstić information content (AvgIpc) is 1.66. The first kappa shape index (κ1) is 49.0. The first-order valence-electron chi connectivity index (χ1n) is 30.0. The summed E-state index contributed by atoms with van der Waals surface area (Å²) in [5, 5.41) is 18.5. The molecule has 0 N–H and O–H groups in total. The van der Waals surface area contributed by atoms with Crippen LogP contribution in [0.3, 0.4) is 0 Å². The Kier molecular flexibility index (Phi) is 10.5. The molecule has 0 bridgehead atoms. The molecule has 2 aliphatic rings. The number of hydrogen-bond acceptors (Lipinski definition) is 1. The maximum atomic E-state index is 2.70. The Morgan fingerprint density at radius 3 is 1.08 bits per heavy atom. The van der Waals surface area contributed by atoms with Crippen molar-refractivity contribution in [2.24, 2.45) is 0 Å². The Morgan fingerprint density at radius 1 is 0.233 bits per heavy atom. The maximum Gasteiger partial charge on any atom is 0.184 e. The Bertz CT molecular complexity index is 5110. The van der Waals surface area contributed by atoms with Gasteiger partial charge in [0.15, 0.2) is 16.1 Å². The quantitative estimate of drug-likeness (QED) is 0.145. The van der Waals surface area contributed by atoms with E-state index < -0.39 is 16.1 Å². The smallest absolute Gasteiger partial charge is 0.184 e.